The number of ether oxygens (including phenoxy) is 6. The van der Waals surface area contributed by atoms with Gasteiger partial charge in [0.2, 0.25) is 23.8 Å². The van der Waals surface area contributed by atoms with Crippen LogP contribution in [0.1, 0.15) is 6.92 Å². The van der Waals surface area contributed by atoms with E-state index >= 15 is 0 Å². The molecule has 3 aromatic rings. The van der Waals surface area contributed by atoms with Gasteiger partial charge in [-0.05, 0) is 31.2 Å². The fraction of sp³-hybridized carbons (Fsp3) is 0.545. The molecule has 53 heavy (non-hydrogen) atoms. The zero-order valence-electron chi connectivity index (χ0n) is 27.7. The summed E-state index contributed by atoms with van der Waals surface area (Å²) in [6, 6.07) is 7.25. The Morgan fingerprint density at radius 2 is 1.25 bits per heavy atom. The maximum Gasteiger partial charge on any atom is 0.239 e. The van der Waals surface area contributed by atoms with Crippen LogP contribution in [0, 0.1) is 0 Å². The molecule has 0 amide bonds. The van der Waals surface area contributed by atoms with Crippen molar-refractivity contribution >= 4 is 11.0 Å². The Balaban J connectivity index is 1.41. The van der Waals surface area contributed by atoms with E-state index in [1.54, 1.807) is 0 Å². The van der Waals surface area contributed by atoms with E-state index < -0.39 is 128 Å². The molecule has 15 unspecified atom stereocenters. The van der Waals surface area contributed by atoms with Crippen molar-refractivity contribution in [3.05, 3.63) is 46.6 Å². The second kappa shape index (κ2) is 15.6. The summed E-state index contributed by atoms with van der Waals surface area (Å²) in [6.45, 7) is -0.275. The van der Waals surface area contributed by atoms with Crippen LogP contribution >= 0.6 is 0 Å². The average Bonchev–Trinajstić information content (AvgIpc) is 3.13. The van der Waals surface area contributed by atoms with Gasteiger partial charge < -0.3 is 94.1 Å². The second-order valence-electron chi connectivity index (χ2n) is 12.9. The Kier molecular flexibility index (Phi) is 11.5. The van der Waals surface area contributed by atoms with Crippen molar-refractivity contribution in [2.24, 2.45) is 0 Å². The molecule has 4 heterocycles. The number of aliphatic hydroxyl groups excluding tert-OH is 10. The molecule has 2 aromatic carbocycles. The number of hydrogen-bond donors (Lipinski definition) is 12. The molecule has 3 aliphatic rings. The van der Waals surface area contributed by atoms with Crippen LogP contribution in [0.15, 0.2) is 45.6 Å². The molecule has 0 aliphatic carbocycles. The fourth-order valence-corrected chi connectivity index (χ4v) is 6.23. The molecule has 15 atom stereocenters. The molecule has 0 saturated carbocycles. The van der Waals surface area contributed by atoms with Gasteiger partial charge in [-0.15, -0.1) is 0 Å². The molecule has 0 bridgehead atoms. The second-order valence-corrected chi connectivity index (χ2v) is 12.9. The van der Waals surface area contributed by atoms with Crippen LogP contribution < -0.4 is 14.9 Å². The minimum atomic E-state index is -1.99. The minimum Gasteiger partial charge on any atom is -0.508 e. The number of fused-ring (bicyclic) bond motifs is 1. The van der Waals surface area contributed by atoms with Crippen LogP contribution in [0.2, 0.25) is 0 Å². The van der Waals surface area contributed by atoms with Crippen molar-refractivity contribution in [3.63, 3.8) is 0 Å². The lowest BCUT2D eigenvalue weighted by molar-refractivity contribution is -0.358. The molecule has 12 N–H and O–H groups in total. The topological polar surface area (TPSA) is 328 Å². The van der Waals surface area contributed by atoms with Gasteiger partial charge in [-0.25, -0.2) is 0 Å². The highest BCUT2D eigenvalue weighted by Gasteiger charge is 2.52. The molecular formula is C33H40O20. The summed E-state index contributed by atoms with van der Waals surface area (Å²) in [4.78, 5) is 14.2. The van der Waals surface area contributed by atoms with Crippen LogP contribution in [0.4, 0.5) is 0 Å². The van der Waals surface area contributed by atoms with E-state index in [9.17, 15) is 66.1 Å². The smallest absolute Gasteiger partial charge is 0.239 e. The van der Waals surface area contributed by atoms with E-state index in [4.69, 9.17) is 32.8 Å². The standard InChI is InChI=1S/C33H40O20/c1-10-19(38)23(42)26(45)31(47-10)48-13-6-14(37)18-15(7-13)49-28(11-2-4-12(36)5-3-11)29(22(18)41)52-33-30(25(44)21(40)17(9-35)51-33)53-32-27(46)24(43)20(39)16(8-34)50-32/h2-7,10,16-17,19-21,23-27,30-40,42-46H,8-9H2,1H3. The number of benzene rings is 2. The first-order chi connectivity index (χ1) is 25.1. The Bertz CT molecular complexity index is 1780. The van der Waals surface area contributed by atoms with Gasteiger partial charge in [-0.1, -0.05) is 0 Å². The maximum atomic E-state index is 14.2. The van der Waals surface area contributed by atoms with Crippen molar-refractivity contribution in [2.75, 3.05) is 13.2 Å². The third-order valence-electron chi connectivity index (χ3n) is 9.29. The van der Waals surface area contributed by atoms with E-state index in [-0.39, 0.29) is 28.4 Å². The van der Waals surface area contributed by atoms with Crippen molar-refractivity contribution in [3.8, 4) is 34.3 Å². The predicted molar refractivity (Wildman–Crippen MR) is 171 cm³/mol. The van der Waals surface area contributed by atoms with E-state index in [0.717, 1.165) is 12.1 Å². The highest BCUT2D eigenvalue weighted by atomic mass is 16.8. The summed E-state index contributed by atoms with van der Waals surface area (Å²) in [5.41, 5.74) is -1.28. The van der Waals surface area contributed by atoms with E-state index in [0.29, 0.717) is 0 Å². The van der Waals surface area contributed by atoms with E-state index in [1.165, 1.54) is 31.2 Å². The lowest BCUT2D eigenvalue weighted by Crippen LogP contribution is -2.65. The van der Waals surface area contributed by atoms with Gasteiger partial charge in [0.1, 0.15) is 89.3 Å². The number of phenolic OH excluding ortho intramolecular Hbond substituents is 2. The van der Waals surface area contributed by atoms with Gasteiger partial charge in [0.15, 0.2) is 18.2 Å². The third kappa shape index (κ3) is 7.39. The summed E-state index contributed by atoms with van der Waals surface area (Å²) in [5, 5.41) is 123. The molecule has 0 radical (unpaired) electrons. The Morgan fingerprint density at radius 3 is 1.89 bits per heavy atom. The van der Waals surface area contributed by atoms with Crippen LogP contribution in [-0.4, -0.2) is 167 Å². The van der Waals surface area contributed by atoms with Crippen molar-refractivity contribution < 1.29 is 94.1 Å². The average molecular weight is 757 g/mol. The Labute approximate surface area is 298 Å². The van der Waals surface area contributed by atoms with Crippen LogP contribution in [0.3, 0.4) is 0 Å². The quantitative estimate of drug-likeness (QED) is 0.0992. The van der Waals surface area contributed by atoms with Crippen molar-refractivity contribution in [1.29, 1.82) is 0 Å². The molecule has 3 saturated heterocycles. The molecule has 0 spiro atoms. The highest BCUT2D eigenvalue weighted by molar-refractivity contribution is 5.88. The monoisotopic (exact) mass is 756 g/mol. The normalized spacial score (nSPS) is 37.8. The summed E-state index contributed by atoms with van der Waals surface area (Å²) in [7, 11) is 0. The number of rotatable bonds is 9. The number of hydrogen-bond acceptors (Lipinski definition) is 20. The number of phenols is 2. The minimum absolute atomic E-state index is 0.0982. The first-order valence-corrected chi connectivity index (χ1v) is 16.4. The molecule has 3 aliphatic heterocycles. The number of aromatic hydroxyl groups is 2. The van der Waals surface area contributed by atoms with Crippen molar-refractivity contribution in [1.82, 2.24) is 0 Å². The molecule has 20 nitrogen and oxygen atoms in total. The van der Waals surface area contributed by atoms with Crippen LogP contribution in [0.5, 0.6) is 23.0 Å². The third-order valence-corrected chi connectivity index (χ3v) is 9.29. The van der Waals surface area contributed by atoms with Gasteiger partial charge in [0.25, 0.3) is 0 Å². The van der Waals surface area contributed by atoms with E-state index in [1.807, 2.05) is 0 Å². The number of aliphatic hydroxyl groups is 10. The van der Waals surface area contributed by atoms with Gasteiger partial charge in [0, 0.05) is 17.7 Å². The molecule has 3 fully saturated rings. The summed E-state index contributed by atoms with van der Waals surface area (Å²) < 4.78 is 39.8. The van der Waals surface area contributed by atoms with Gasteiger partial charge in [-0.2, -0.15) is 0 Å². The van der Waals surface area contributed by atoms with Gasteiger partial charge in [-0.3, -0.25) is 4.79 Å². The van der Waals surface area contributed by atoms with Gasteiger partial charge >= 0.3 is 0 Å². The first kappa shape index (κ1) is 39.0. The SMILES string of the molecule is CC1OC(Oc2cc(O)c3c(=O)c(OC4OC(CO)C(O)C(O)C4OC4OC(CO)C(O)C(O)C4O)c(-c4ccc(O)cc4)oc3c2)C(O)C(O)C1O. The van der Waals surface area contributed by atoms with Crippen molar-refractivity contribution in [2.45, 2.75) is 99.0 Å². The Hall–Kier alpha value is -3.71. The lowest BCUT2D eigenvalue weighted by Gasteiger charge is -2.45. The summed E-state index contributed by atoms with van der Waals surface area (Å²) >= 11 is 0. The molecule has 292 valence electrons. The zero-order chi connectivity index (χ0) is 38.5. The van der Waals surface area contributed by atoms with Crippen LogP contribution in [0.25, 0.3) is 22.3 Å². The molecular weight excluding hydrogens is 716 g/mol. The lowest BCUT2D eigenvalue weighted by atomic mass is 9.97. The maximum absolute atomic E-state index is 14.2. The largest absolute Gasteiger partial charge is 0.508 e. The first-order valence-electron chi connectivity index (χ1n) is 16.4. The van der Waals surface area contributed by atoms with Gasteiger partial charge in [0.05, 0.1) is 19.3 Å². The Morgan fingerprint density at radius 1 is 0.660 bits per heavy atom. The fourth-order valence-electron chi connectivity index (χ4n) is 6.23. The summed E-state index contributed by atoms with van der Waals surface area (Å²) in [5.74, 6) is -2.19. The van der Waals surface area contributed by atoms with E-state index in [2.05, 4.69) is 0 Å². The molecule has 20 heteroatoms. The molecule has 1 aromatic heterocycles. The predicted octanol–water partition coefficient (Wildman–Crippen LogP) is -3.92. The highest BCUT2D eigenvalue weighted by Crippen LogP contribution is 2.39. The molecule has 6 rings (SSSR count). The van der Waals surface area contributed by atoms with Crippen LogP contribution in [-0.2, 0) is 18.9 Å². The zero-order valence-corrected chi connectivity index (χ0v) is 27.7. The summed E-state index contributed by atoms with van der Waals surface area (Å²) in [6.07, 6.45) is -25.5.